The molecule has 0 saturated heterocycles. The molecular formula is C18H11F6N3O. The average Bonchev–Trinajstić information content (AvgIpc) is 2.97. The fraction of sp³-hybridized carbons (Fsp3) is 0.111. The lowest BCUT2D eigenvalue weighted by Gasteiger charge is -2.09. The molecule has 2 aromatic carbocycles. The van der Waals surface area contributed by atoms with E-state index in [2.05, 4.69) is 4.99 Å². The second-order valence-corrected chi connectivity index (χ2v) is 5.65. The van der Waals surface area contributed by atoms with Gasteiger partial charge in [-0.3, -0.25) is 14.9 Å². The molecular weight excluding hydrogens is 388 g/mol. The van der Waals surface area contributed by atoms with Crippen molar-refractivity contribution in [3.8, 4) is 5.69 Å². The molecule has 3 rings (SSSR count). The van der Waals surface area contributed by atoms with E-state index < -0.39 is 40.4 Å². The van der Waals surface area contributed by atoms with Crippen molar-refractivity contribution in [2.45, 2.75) is 12.4 Å². The van der Waals surface area contributed by atoms with Crippen LogP contribution in [0.1, 0.15) is 16.8 Å². The van der Waals surface area contributed by atoms with E-state index in [1.807, 2.05) is 5.10 Å². The topological polar surface area (TPSA) is 50.1 Å². The van der Waals surface area contributed by atoms with Gasteiger partial charge in [0.15, 0.2) is 5.69 Å². The van der Waals surface area contributed by atoms with Gasteiger partial charge in [0.25, 0.3) is 5.56 Å². The quantitative estimate of drug-likeness (QED) is 0.492. The number of nitrogens with one attached hydrogen (secondary N) is 1. The summed E-state index contributed by atoms with van der Waals surface area (Å²) in [6, 6.07) is 11.6. The summed E-state index contributed by atoms with van der Waals surface area (Å²) < 4.78 is 79.7. The van der Waals surface area contributed by atoms with Gasteiger partial charge in [-0.05, 0) is 24.3 Å². The third-order valence-electron chi connectivity index (χ3n) is 3.77. The van der Waals surface area contributed by atoms with Crippen molar-refractivity contribution in [3.63, 3.8) is 0 Å². The number of aliphatic imine (C=N–C) groups is 1. The van der Waals surface area contributed by atoms with Gasteiger partial charge in [0, 0.05) is 6.21 Å². The number of nitrogens with zero attached hydrogens (tertiary/aromatic N) is 2. The Hall–Kier alpha value is -3.30. The van der Waals surface area contributed by atoms with Crippen LogP contribution in [0.2, 0.25) is 0 Å². The Labute approximate surface area is 153 Å². The number of benzene rings is 2. The molecule has 10 heteroatoms. The molecule has 0 aliphatic heterocycles. The minimum absolute atomic E-state index is 0.133. The van der Waals surface area contributed by atoms with Crippen LogP contribution >= 0.6 is 0 Å². The number of hydrogen-bond acceptors (Lipinski definition) is 2. The number of aromatic amines is 1. The molecule has 0 bridgehead atoms. The number of rotatable bonds is 3. The molecule has 1 heterocycles. The fourth-order valence-corrected chi connectivity index (χ4v) is 2.50. The smallest absolute Gasteiger partial charge is 0.286 e. The highest BCUT2D eigenvalue weighted by atomic mass is 19.4. The van der Waals surface area contributed by atoms with Crippen LogP contribution < -0.4 is 5.56 Å². The third-order valence-corrected chi connectivity index (χ3v) is 3.77. The molecule has 1 N–H and O–H groups in total. The number of H-pyrrole nitrogens is 1. The highest BCUT2D eigenvalue weighted by molar-refractivity contribution is 5.83. The monoisotopic (exact) mass is 399 g/mol. The summed E-state index contributed by atoms with van der Waals surface area (Å²) in [5, 5.41) is 1.95. The molecule has 0 aliphatic rings. The molecule has 0 fully saturated rings. The summed E-state index contributed by atoms with van der Waals surface area (Å²) in [5.41, 5.74) is -4.99. The first-order valence-electron chi connectivity index (χ1n) is 7.77. The van der Waals surface area contributed by atoms with E-state index in [0.717, 1.165) is 18.2 Å². The molecule has 0 aliphatic carbocycles. The summed E-state index contributed by atoms with van der Waals surface area (Å²) >= 11 is 0. The van der Waals surface area contributed by atoms with Crippen molar-refractivity contribution in [2.24, 2.45) is 4.99 Å². The van der Waals surface area contributed by atoms with E-state index >= 15 is 0 Å². The minimum atomic E-state index is -4.94. The lowest BCUT2D eigenvalue weighted by atomic mass is 10.1. The van der Waals surface area contributed by atoms with Gasteiger partial charge < -0.3 is 0 Å². The van der Waals surface area contributed by atoms with Gasteiger partial charge in [0.05, 0.1) is 22.5 Å². The predicted molar refractivity (Wildman–Crippen MR) is 90.1 cm³/mol. The summed E-state index contributed by atoms with van der Waals surface area (Å²) in [6.45, 7) is 0. The molecule has 146 valence electrons. The lowest BCUT2D eigenvalue weighted by molar-refractivity contribution is -0.141. The zero-order valence-electron chi connectivity index (χ0n) is 13.8. The van der Waals surface area contributed by atoms with Gasteiger partial charge in [-0.2, -0.15) is 26.3 Å². The molecule has 0 spiro atoms. The second kappa shape index (κ2) is 7.02. The Balaban J connectivity index is 2.14. The van der Waals surface area contributed by atoms with Crippen LogP contribution in [-0.4, -0.2) is 16.0 Å². The maximum Gasteiger partial charge on any atom is 0.433 e. The van der Waals surface area contributed by atoms with Gasteiger partial charge in [0.2, 0.25) is 0 Å². The second-order valence-electron chi connectivity index (χ2n) is 5.65. The number of halogens is 6. The van der Waals surface area contributed by atoms with Crippen LogP contribution in [0.3, 0.4) is 0 Å². The normalized spacial score (nSPS) is 12.6. The summed E-state index contributed by atoms with van der Waals surface area (Å²) in [5.74, 6) is 0. The van der Waals surface area contributed by atoms with Crippen LogP contribution in [0.15, 0.2) is 64.4 Å². The van der Waals surface area contributed by atoms with Gasteiger partial charge in [0.1, 0.15) is 0 Å². The molecule has 0 radical (unpaired) electrons. The molecule has 0 atom stereocenters. The van der Waals surface area contributed by atoms with E-state index in [1.165, 1.54) is 30.3 Å². The Kier molecular flexibility index (Phi) is 4.88. The lowest BCUT2D eigenvalue weighted by Crippen LogP contribution is -2.17. The summed E-state index contributed by atoms with van der Waals surface area (Å²) in [6.07, 6.45) is -9.20. The van der Waals surface area contributed by atoms with Gasteiger partial charge in [-0.1, -0.05) is 30.3 Å². The van der Waals surface area contributed by atoms with Crippen molar-refractivity contribution in [1.29, 1.82) is 0 Å². The highest BCUT2D eigenvalue weighted by Crippen LogP contribution is 2.36. The first kappa shape index (κ1) is 19.5. The third kappa shape index (κ3) is 3.85. The van der Waals surface area contributed by atoms with Crippen LogP contribution in [-0.2, 0) is 12.4 Å². The Morgan fingerprint density at radius 1 is 0.857 bits per heavy atom. The Morgan fingerprint density at radius 2 is 1.46 bits per heavy atom. The number of alkyl halides is 6. The number of para-hydroxylation sites is 2. The maximum atomic E-state index is 13.3. The summed E-state index contributed by atoms with van der Waals surface area (Å²) in [7, 11) is 0. The van der Waals surface area contributed by atoms with E-state index in [9.17, 15) is 31.1 Å². The minimum Gasteiger partial charge on any atom is -0.286 e. The standard InChI is InChI=1S/C18H11F6N3O/c19-17(20,21)13-8-4-5-9-14(13)25-10-12-15(18(22,23)24)26-27(16(12)28)11-6-2-1-3-7-11/h1-10,26H. The molecule has 0 amide bonds. The zero-order valence-corrected chi connectivity index (χ0v) is 13.8. The number of aromatic nitrogens is 2. The SMILES string of the molecule is O=c1c(C=Nc2ccccc2C(F)(F)F)c(C(F)(F)F)[nH]n1-c1ccccc1. The van der Waals surface area contributed by atoms with Crippen molar-refractivity contribution in [3.05, 3.63) is 81.8 Å². The fourth-order valence-electron chi connectivity index (χ4n) is 2.50. The molecule has 0 unspecified atom stereocenters. The van der Waals surface area contributed by atoms with Crippen molar-refractivity contribution in [2.75, 3.05) is 0 Å². The van der Waals surface area contributed by atoms with E-state index in [0.29, 0.717) is 10.9 Å². The number of hydrogen-bond donors (Lipinski definition) is 1. The van der Waals surface area contributed by atoms with E-state index in [1.54, 1.807) is 6.07 Å². The van der Waals surface area contributed by atoms with Crippen LogP contribution in [0.5, 0.6) is 0 Å². The Morgan fingerprint density at radius 3 is 2.07 bits per heavy atom. The predicted octanol–water partition coefficient (Wildman–Crippen LogP) is 4.95. The summed E-state index contributed by atoms with van der Waals surface area (Å²) in [4.78, 5) is 16.0. The van der Waals surface area contributed by atoms with E-state index in [4.69, 9.17) is 0 Å². The van der Waals surface area contributed by atoms with Crippen LogP contribution in [0.4, 0.5) is 32.0 Å². The molecule has 3 aromatic rings. The highest BCUT2D eigenvalue weighted by Gasteiger charge is 2.38. The molecule has 0 saturated carbocycles. The van der Waals surface area contributed by atoms with Crippen molar-refractivity contribution in [1.82, 2.24) is 9.78 Å². The zero-order chi connectivity index (χ0) is 20.5. The molecule has 28 heavy (non-hydrogen) atoms. The van der Waals surface area contributed by atoms with E-state index in [-0.39, 0.29) is 5.69 Å². The maximum absolute atomic E-state index is 13.3. The average molecular weight is 399 g/mol. The van der Waals surface area contributed by atoms with Gasteiger partial charge in [-0.15, -0.1) is 0 Å². The molecule has 1 aromatic heterocycles. The van der Waals surface area contributed by atoms with Gasteiger partial charge in [-0.25, -0.2) is 4.68 Å². The van der Waals surface area contributed by atoms with Gasteiger partial charge >= 0.3 is 12.4 Å². The molecule has 4 nitrogen and oxygen atoms in total. The van der Waals surface area contributed by atoms with Crippen molar-refractivity contribution >= 4 is 11.9 Å². The first-order chi connectivity index (χ1) is 13.1. The van der Waals surface area contributed by atoms with Crippen LogP contribution in [0, 0.1) is 0 Å². The first-order valence-corrected chi connectivity index (χ1v) is 7.77. The van der Waals surface area contributed by atoms with Crippen molar-refractivity contribution < 1.29 is 26.3 Å². The largest absolute Gasteiger partial charge is 0.433 e. The van der Waals surface area contributed by atoms with Crippen LogP contribution in [0.25, 0.3) is 5.69 Å². The Bertz CT molecular complexity index is 1060.